The van der Waals surface area contributed by atoms with E-state index in [2.05, 4.69) is 10.2 Å². The van der Waals surface area contributed by atoms with E-state index in [-0.39, 0.29) is 36.2 Å². The second-order valence-corrected chi connectivity index (χ2v) is 7.33. The van der Waals surface area contributed by atoms with Crippen molar-refractivity contribution >= 4 is 0 Å². The molecule has 28 heavy (non-hydrogen) atoms. The van der Waals surface area contributed by atoms with E-state index in [1.807, 2.05) is 38.2 Å². The van der Waals surface area contributed by atoms with Gasteiger partial charge in [-0.05, 0) is 50.1 Å². The summed E-state index contributed by atoms with van der Waals surface area (Å²) >= 11 is 0. The normalized spacial score (nSPS) is 22.5. The van der Waals surface area contributed by atoms with Crippen LogP contribution >= 0.6 is 0 Å². The second kappa shape index (κ2) is 9.37. The molecule has 0 bridgehead atoms. The Morgan fingerprint density at radius 2 is 2.04 bits per heavy atom. The summed E-state index contributed by atoms with van der Waals surface area (Å²) in [6.45, 7) is 3.75. The van der Waals surface area contributed by atoms with Crippen LogP contribution in [0.1, 0.15) is 30.5 Å². The Morgan fingerprint density at radius 3 is 2.75 bits per heavy atom. The Balaban J connectivity index is 1.68. The molecule has 3 atom stereocenters. The average molecular weight is 388 g/mol. The summed E-state index contributed by atoms with van der Waals surface area (Å²) in [5.41, 5.74) is 1.68. The van der Waals surface area contributed by atoms with E-state index in [0.717, 1.165) is 12.0 Å². The van der Waals surface area contributed by atoms with E-state index in [4.69, 9.17) is 4.74 Å². The molecule has 3 N–H and O–H groups in total. The third-order valence-corrected chi connectivity index (χ3v) is 5.53. The van der Waals surface area contributed by atoms with Crippen LogP contribution in [0.15, 0.2) is 42.5 Å². The topological polar surface area (TPSA) is 65.0 Å². The lowest BCUT2D eigenvalue weighted by atomic mass is 9.92. The minimum Gasteiger partial charge on any atom is -0.504 e. The highest BCUT2D eigenvalue weighted by Gasteiger charge is 2.40. The fourth-order valence-corrected chi connectivity index (χ4v) is 4.13. The first-order valence-electron chi connectivity index (χ1n) is 9.77. The van der Waals surface area contributed by atoms with Gasteiger partial charge in [0, 0.05) is 30.7 Å². The molecule has 5 nitrogen and oxygen atoms in total. The zero-order chi connectivity index (χ0) is 20.1. The monoisotopic (exact) mass is 388 g/mol. The Labute approximate surface area is 165 Å². The first-order valence-corrected chi connectivity index (χ1v) is 9.77. The van der Waals surface area contributed by atoms with Gasteiger partial charge in [-0.1, -0.05) is 24.3 Å². The molecule has 6 heteroatoms. The zero-order valence-corrected chi connectivity index (χ0v) is 16.4. The molecular formula is C22H29FN2O3. The number of benzene rings is 2. The lowest BCUT2D eigenvalue weighted by Gasteiger charge is -2.28. The van der Waals surface area contributed by atoms with Crippen LogP contribution in [0.5, 0.6) is 11.5 Å². The van der Waals surface area contributed by atoms with Gasteiger partial charge in [0.05, 0.1) is 13.2 Å². The number of halogens is 1. The number of hydrogen-bond donors (Lipinski definition) is 3. The number of ether oxygens (including phenoxy) is 1. The number of phenols is 1. The fraction of sp³-hybridized carbons (Fsp3) is 0.455. The van der Waals surface area contributed by atoms with Crippen molar-refractivity contribution < 1.29 is 19.3 Å². The van der Waals surface area contributed by atoms with Crippen LogP contribution in [-0.2, 0) is 6.54 Å². The van der Waals surface area contributed by atoms with E-state index < -0.39 is 0 Å². The molecular weight excluding hydrogens is 359 g/mol. The molecule has 2 aromatic carbocycles. The number of nitrogens with one attached hydrogen (secondary N) is 1. The van der Waals surface area contributed by atoms with Crippen LogP contribution in [-0.4, -0.2) is 48.0 Å². The van der Waals surface area contributed by atoms with E-state index in [9.17, 15) is 14.6 Å². The van der Waals surface area contributed by atoms with Crippen molar-refractivity contribution in [3.05, 3.63) is 59.4 Å². The molecule has 1 saturated heterocycles. The van der Waals surface area contributed by atoms with Crippen LogP contribution in [0.25, 0.3) is 0 Å². The first kappa shape index (κ1) is 20.6. The van der Waals surface area contributed by atoms with Crippen LogP contribution in [0, 0.1) is 11.7 Å². The number of likely N-dealkylation sites (tertiary alicyclic amines) is 1. The summed E-state index contributed by atoms with van der Waals surface area (Å²) in [4.78, 5) is 2.08. The highest BCUT2D eigenvalue weighted by atomic mass is 19.1. The summed E-state index contributed by atoms with van der Waals surface area (Å²) in [7, 11) is 1.95. The Hall–Kier alpha value is -2.15. The van der Waals surface area contributed by atoms with Gasteiger partial charge in [0.2, 0.25) is 0 Å². The molecule has 1 heterocycles. The number of hydrogen-bond acceptors (Lipinski definition) is 5. The lowest BCUT2D eigenvalue weighted by molar-refractivity contribution is 0.151. The summed E-state index contributed by atoms with van der Waals surface area (Å²) in [5, 5.41) is 23.0. The molecule has 0 unspecified atom stereocenters. The van der Waals surface area contributed by atoms with Crippen molar-refractivity contribution in [1.82, 2.24) is 10.2 Å². The highest BCUT2D eigenvalue weighted by Crippen LogP contribution is 2.40. The van der Waals surface area contributed by atoms with Crippen LogP contribution in [0.4, 0.5) is 4.39 Å². The van der Waals surface area contributed by atoms with Gasteiger partial charge in [-0.2, -0.15) is 0 Å². The maximum absolute atomic E-state index is 14.4. The summed E-state index contributed by atoms with van der Waals surface area (Å²) in [5.74, 6) is 0.589. The van der Waals surface area contributed by atoms with Crippen molar-refractivity contribution in [3.8, 4) is 11.5 Å². The van der Waals surface area contributed by atoms with Gasteiger partial charge in [0.1, 0.15) is 5.82 Å². The van der Waals surface area contributed by atoms with Gasteiger partial charge in [-0.3, -0.25) is 4.90 Å². The van der Waals surface area contributed by atoms with Crippen LogP contribution in [0.3, 0.4) is 0 Å². The summed E-state index contributed by atoms with van der Waals surface area (Å²) in [6.07, 6.45) is 0.804. The SMILES string of the molecule is CCOc1cc(CNC[C@H]2C[C@@H](CO)N(C)[C@H]2c2ccccc2F)ccc1O. The van der Waals surface area contributed by atoms with Crippen molar-refractivity contribution in [2.24, 2.45) is 5.92 Å². The number of rotatable bonds is 8. The molecule has 0 spiro atoms. The van der Waals surface area contributed by atoms with E-state index in [0.29, 0.717) is 31.0 Å². The predicted molar refractivity (Wildman–Crippen MR) is 107 cm³/mol. The van der Waals surface area contributed by atoms with Crippen molar-refractivity contribution in [2.45, 2.75) is 32.0 Å². The number of aliphatic hydroxyl groups is 1. The van der Waals surface area contributed by atoms with Gasteiger partial charge in [0.25, 0.3) is 0 Å². The molecule has 0 aliphatic carbocycles. The van der Waals surface area contributed by atoms with Crippen molar-refractivity contribution in [1.29, 1.82) is 0 Å². The van der Waals surface area contributed by atoms with E-state index in [1.165, 1.54) is 6.07 Å². The van der Waals surface area contributed by atoms with Crippen molar-refractivity contribution in [3.63, 3.8) is 0 Å². The van der Waals surface area contributed by atoms with Gasteiger partial charge in [-0.15, -0.1) is 0 Å². The second-order valence-electron chi connectivity index (χ2n) is 7.33. The molecule has 2 aromatic rings. The number of nitrogens with zero attached hydrogens (tertiary/aromatic N) is 1. The summed E-state index contributed by atoms with van der Waals surface area (Å²) in [6, 6.07) is 12.1. The van der Waals surface area contributed by atoms with Crippen LogP contribution < -0.4 is 10.1 Å². The van der Waals surface area contributed by atoms with Gasteiger partial charge < -0.3 is 20.3 Å². The van der Waals surface area contributed by atoms with Gasteiger partial charge in [-0.25, -0.2) is 4.39 Å². The minimum atomic E-state index is -0.206. The zero-order valence-electron chi connectivity index (χ0n) is 16.4. The average Bonchev–Trinajstić information content (AvgIpc) is 3.00. The largest absolute Gasteiger partial charge is 0.504 e. The minimum absolute atomic E-state index is 0.0228. The molecule has 0 amide bonds. The standard InChI is InChI=1S/C22H29FN2O3/c1-3-28-21-10-15(8-9-20(21)27)12-24-13-16-11-17(14-26)25(2)22(16)18-6-4-5-7-19(18)23/h4-10,16-17,22,24,26-27H,3,11-14H2,1-2H3/t16-,17+,22-/m1/s1. The number of aromatic hydroxyl groups is 1. The number of likely N-dealkylation sites (N-methyl/N-ethyl adjacent to an activating group) is 1. The molecule has 152 valence electrons. The molecule has 3 rings (SSSR count). The van der Waals surface area contributed by atoms with E-state index >= 15 is 0 Å². The van der Waals surface area contributed by atoms with Gasteiger partial charge >= 0.3 is 0 Å². The molecule has 0 saturated carbocycles. The Kier molecular flexibility index (Phi) is 6.88. The molecule has 1 aliphatic rings. The molecule has 0 aromatic heterocycles. The molecule has 0 radical (unpaired) electrons. The number of aliphatic hydroxyl groups excluding tert-OH is 1. The van der Waals surface area contributed by atoms with E-state index in [1.54, 1.807) is 12.1 Å². The Morgan fingerprint density at radius 1 is 1.25 bits per heavy atom. The summed E-state index contributed by atoms with van der Waals surface area (Å²) < 4.78 is 19.8. The molecule has 1 aliphatic heterocycles. The third-order valence-electron chi connectivity index (χ3n) is 5.53. The maximum Gasteiger partial charge on any atom is 0.161 e. The van der Waals surface area contributed by atoms with Crippen molar-refractivity contribution in [2.75, 3.05) is 26.8 Å². The predicted octanol–water partition coefficient (Wildman–Crippen LogP) is 3.07. The smallest absolute Gasteiger partial charge is 0.161 e. The van der Waals surface area contributed by atoms with Gasteiger partial charge in [0.15, 0.2) is 11.5 Å². The first-order chi connectivity index (χ1) is 13.5. The lowest BCUT2D eigenvalue weighted by Crippen LogP contribution is -2.32. The fourth-order valence-electron chi connectivity index (χ4n) is 4.13. The molecule has 1 fully saturated rings. The number of phenolic OH excluding ortho intramolecular Hbond substituents is 1. The highest BCUT2D eigenvalue weighted by molar-refractivity contribution is 5.41. The quantitative estimate of drug-likeness (QED) is 0.649. The van der Waals surface area contributed by atoms with Crippen LogP contribution in [0.2, 0.25) is 0 Å². The maximum atomic E-state index is 14.4. The third kappa shape index (κ3) is 4.46. The Bertz CT molecular complexity index is 786.